The van der Waals surface area contributed by atoms with Gasteiger partial charge in [-0.05, 0) is 43.4 Å². The second-order valence-corrected chi connectivity index (χ2v) is 5.79. The Morgan fingerprint density at radius 2 is 2.09 bits per heavy atom. The van der Waals surface area contributed by atoms with Crippen molar-refractivity contribution < 1.29 is 23.5 Å². The lowest BCUT2D eigenvalue weighted by molar-refractivity contribution is -0.141. The van der Waals surface area contributed by atoms with Crippen molar-refractivity contribution in [3.05, 3.63) is 28.6 Å². The summed E-state index contributed by atoms with van der Waals surface area (Å²) < 4.78 is 18.9. The molecule has 0 aliphatic heterocycles. The number of ether oxygens (including phenoxy) is 1. The van der Waals surface area contributed by atoms with Crippen LogP contribution in [0.5, 0.6) is 0 Å². The number of amides is 1. The Bertz CT molecular complexity index is 669. The summed E-state index contributed by atoms with van der Waals surface area (Å²) in [7, 11) is 0. The summed E-state index contributed by atoms with van der Waals surface area (Å²) in [4.78, 5) is 34.9. The first-order valence-electron chi connectivity index (χ1n) is 7.58. The molecule has 0 fully saturated rings. The van der Waals surface area contributed by atoms with E-state index in [0.717, 1.165) is 0 Å². The van der Waals surface area contributed by atoms with Crippen LogP contribution in [0.3, 0.4) is 0 Å². The number of carbonyl (C=O) groups is 3. The van der Waals surface area contributed by atoms with Crippen molar-refractivity contribution in [3.8, 4) is 0 Å². The first-order valence-corrected chi connectivity index (χ1v) is 7.58. The van der Waals surface area contributed by atoms with E-state index < -0.39 is 5.82 Å². The largest absolute Gasteiger partial charge is 0.466 e. The quantitative estimate of drug-likeness (QED) is 0.866. The number of carbonyl (C=O) groups excluding carboxylic acids is 3. The van der Waals surface area contributed by atoms with Crippen LogP contribution in [0.25, 0.3) is 0 Å². The minimum absolute atomic E-state index is 0.134. The Hall–Kier alpha value is -2.24. The van der Waals surface area contributed by atoms with Crippen molar-refractivity contribution in [1.82, 2.24) is 0 Å². The third-order valence-electron chi connectivity index (χ3n) is 4.10. The fraction of sp³-hybridized carbons (Fsp3) is 0.471. The molecular weight excluding hydrogens is 301 g/mol. The van der Waals surface area contributed by atoms with Crippen LogP contribution in [-0.2, 0) is 20.7 Å². The van der Waals surface area contributed by atoms with Gasteiger partial charge in [0.15, 0.2) is 5.78 Å². The molecule has 0 spiro atoms. The van der Waals surface area contributed by atoms with Crippen LogP contribution in [0.1, 0.15) is 48.2 Å². The van der Waals surface area contributed by atoms with E-state index in [1.807, 2.05) is 0 Å². The number of anilines is 1. The van der Waals surface area contributed by atoms with Gasteiger partial charge in [0, 0.05) is 25.3 Å². The van der Waals surface area contributed by atoms with Crippen LogP contribution in [-0.4, -0.2) is 24.3 Å². The van der Waals surface area contributed by atoms with E-state index in [0.29, 0.717) is 36.0 Å². The lowest BCUT2D eigenvalue weighted by Gasteiger charge is -2.27. The molecule has 124 valence electrons. The average Bonchev–Trinajstić information content (AvgIpc) is 2.45. The summed E-state index contributed by atoms with van der Waals surface area (Å²) in [6, 6.07) is 1.20. The molecule has 0 saturated carbocycles. The molecule has 0 radical (unpaired) electrons. The highest BCUT2D eigenvalue weighted by molar-refractivity contribution is 6.07. The predicted octanol–water partition coefficient (Wildman–Crippen LogP) is 2.79. The molecule has 23 heavy (non-hydrogen) atoms. The molecule has 0 bridgehead atoms. The van der Waals surface area contributed by atoms with E-state index in [-0.39, 0.29) is 35.9 Å². The maximum absolute atomic E-state index is 14.0. The van der Waals surface area contributed by atoms with E-state index in [2.05, 4.69) is 5.32 Å². The van der Waals surface area contributed by atoms with Gasteiger partial charge in [0.2, 0.25) is 5.91 Å². The number of esters is 1. The number of fused-ring (bicyclic) bond motifs is 1. The van der Waals surface area contributed by atoms with Crippen molar-refractivity contribution in [2.24, 2.45) is 5.92 Å². The summed E-state index contributed by atoms with van der Waals surface area (Å²) in [5.41, 5.74) is 1.71. The Kier molecular flexibility index (Phi) is 5.13. The molecule has 6 heteroatoms. The monoisotopic (exact) mass is 321 g/mol. The van der Waals surface area contributed by atoms with Crippen molar-refractivity contribution >= 4 is 23.3 Å². The fourth-order valence-corrected chi connectivity index (χ4v) is 2.96. The van der Waals surface area contributed by atoms with E-state index in [1.54, 1.807) is 6.92 Å². The number of hydrogen-bond donors (Lipinski definition) is 1. The molecule has 5 nitrogen and oxygen atoms in total. The lowest BCUT2D eigenvalue weighted by atomic mass is 9.78. The third-order valence-corrected chi connectivity index (χ3v) is 4.10. The van der Waals surface area contributed by atoms with E-state index in [1.165, 1.54) is 19.9 Å². The van der Waals surface area contributed by atoms with Crippen LogP contribution in [0, 0.1) is 18.7 Å². The van der Waals surface area contributed by atoms with Crippen LogP contribution < -0.4 is 5.32 Å². The van der Waals surface area contributed by atoms with Gasteiger partial charge in [-0.15, -0.1) is 0 Å². The number of rotatable bonds is 4. The van der Waals surface area contributed by atoms with Gasteiger partial charge in [0.25, 0.3) is 0 Å². The third kappa shape index (κ3) is 3.75. The van der Waals surface area contributed by atoms with Gasteiger partial charge in [-0.1, -0.05) is 0 Å². The number of ketones is 1. The van der Waals surface area contributed by atoms with Gasteiger partial charge >= 0.3 is 5.97 Å². The van der Waals surface area contributed by atoms with Gasteiger partial charge in [0.05, 0.1) is 12.3 Å². The first kappa shape index (κ1) is 17.1. The summed E-state index contributed by atoms with van der Waals surface area (Å²) >= 11 is 0. The van der Waals surface area contributed by atoms with Gasteiger partial charge in [-0.3, -0.25) is 14.4 Å². The van der Waals surface area contributed by atoms with E-state index in [4.69, 9.17) is 4.74 Å². The smallest absolute Gasteiger partial charge is 0.302 e. The molecule has 1 N–H and O–H groups in total. The van der Waals surface area contributed by atoms with E-state index >= 15 is 0 Å². The summed E-state index contributed by atoms with van der Waals surface area (Å²) in [5, 5.41) is 2.54. The summed E-state index contributed by atoms with van der Waals surface area (Å²) in [6.07, 6.45) is 1.56. The predicted molar refractivity (Wildman–Crippen MR) is 82.8 cm³/mol. The first-order chi connectivity index (χ1) is 10.8. The van der Waals surface area contributed by atoms with Gasteiger partial charge in [-0.2, -0.15) is 0 Å². The molecule has 1 aromatic rings. The topological polar surface area (TPSA) is 72.5 Å². The SMILES string of the molecule is CC(=O)Nc1cc(F)c(C)c2c1C(=O)C(CCOC(C)=O)CC2. The second-order valence-electron chi connectivity index (χ2n) is 5.79. The van der Waals surface area contributed by atoms with Crippen LogP contribution >= 0.6 is 0 Å². The highest BCUT2D eigenvalue weighted by Crippen LogP contribution is 2.35. The normalized spacial score (nSPS) is 16.7. The molecule has 0 aromatic heterocycles. The summed E-state index contributed by atoms with van der Waals surface area (Å²) in [5.74, 6) is -1.60. The second kappa shape index (κ2) is 6.89. The molecule has 0 heterocycles. The van der Waals surface area contributed by atoms with Crippen LogP contribution in [0.2, 0.25) is 0 Å². The van der Waals surface area contributed by atoms with Crippen LogP contribution in [0.4, 0.5) is 10.1 Å². The van der Waals surface area contributed by atoms with Crippen molar-refractivity contribution in [2.75, 3.05) is 11.9 Å². The van der Waals surface area contributed by atoms with Crippen LogP contribution in [0.15, 0.2) is 6.07 Å². The minimum atomic E-state index is -0.432. The number of Topliss-reactive ketones (excluding diaryl/α,β-unsaturated/α-hetero) is 1. The molecule has 1 aliphatic carbocycles. The number of benzene rings is 1. The minimum Gasteiger partial charge on any atom is -0.466 e. The molecule has 1 aliphatic rings. The van der Waals surface area contributed by atoms with Crippen molar-refractivity contribution in [2.45, 2.75) is 40.0 Å². The zero-order chi connectivity index (χ0) is 17.1. The Balaban J connectivity index is 2.32. The molecule has 0 saturated heterocycles. The Morgan fingerprint density at radius 3 is 2.70 bits per heavy atom. The number of hydrogen-bond acceptors (Lipinski definition) is 4. The number of halogens is 1. The zero-order valence-corrected chi connectivity index (χ0v) is 13.5. The summed E-state index contributed by atoms with van der Waals surface area (Å²) in [6.45, 7) is 4.45. The van der Waals surface area contributed by atoms with Gasteiger partial charge in [-0.25, -0.2) is 4.39 Å². The molecule has 1 amide bonds. The Labute approximate surface area is 134 Å². The lowest BCUT2D eigenvalue weighted by Crippen LogP contribution is -2.27. The zero-order valence-electron chi connectivity index (χ0n) is 13.5. The maximum Gasteiger partial charge on any atom is 0.302 e. The molecule has 1 aromatic carbocycles. The average molecular weight is 321 g/mol. The fourth-order valence-electron chi connectivity index (χ4n) is 2.96. The molecule has 2 rings (SSSR count). The van der Waals surface area contributed by atoms with E-state index in [9.17, 15) is 18.8 Å². The Morgan fingerprint density at radius 1 is 1.39 bits per heavy atom. The van der Waals surface area contributed by atoms with Crippen molar-refractivity contribution in [1.29, 1.82) is 0 Å². The highest BCUT2D eigenvalue weighted by Gasteiger charge is 2.32. The molecule has 1 atom stereocenters. The standard InChI is InChI=1S/C17H20FNO4/c1-9-13-5-4-12(6-7-23-11(3)21)17(22)16(13)15(8-14(9)18)19-10(2)20/h8,12H,4-7H2,1-3H3,(H,19,20). The number of nitrogens with one attached hydrogen (secondary N) is 1. The van der Waals surface area contributed by atoms with Gasteiger partial charge < -0.3 is 10.1 Å². The van der Waals surface area contributed by atoms with Crippen molar-refractivity contribution in [3.63, 3.8) is 0 Å². The maximum atomic E-state index is 14.0. The molecular formula is C17H20FNO4. The highest BCUT2D eigenvalue weighted by atomic mass is 19.1. The molecule has 1 unspecified atom stereocenters. The van der Waals surface area contributed by atoms with Gasteiger partial charge in [0.1, 0.15) is 5.82 Å².